The highest BCUT2D eigenvalue weighted by atomic mass is 16.5. The number of nitrogens with zero attached hydrogens (tertiary/aromatic N) is 1. The van der Waals surface area contributed by atoms with E-state index in [-0.39, 0.29) is 0 Å². The summed E-state index contributed by atoms with van der Waals surface area (Å²) in [5.74, 6) is -0.0871. The molecule has 0 spiro atoms. The van der Waals surface area contributed by atoms with E-state index < -0.39 is 11.5 Å². The van der Waals surface area contributed by atoms with Crippen molar-refractivity contribution in [3.63, 3.8) is 0 Å². The van der Waals surface area contributed by atoms with Gasteiger partial charge in [-0.05, 0) is 13.8 Å². The van der Waals surface area contributed by atoms with E-state index in [0.717, 1.165) is 0 Å². The van der Waals surface area contributed by atoms with Gasteiger partial charge in [-0.3, -0.25) is 4.79 Å². The van der Waals surface area contributed by atoms with Gasteiger partial charge >= 0.3 is 0 Å². The zero-order valence-corrected chi connectivity index (χ0v) is 7.00. The molecule has 1 aromatic heterocycles. The molecule has 0 aliphatic rings. The quantitative estimate of drug-likeness (QED) is 0.670. The van der Waals surface area contributed by atoms with Gasteiger partial charge in [0.1, 0.15) is 0 Å². The minimum atomic E-state index is -1.01. The van der Waals surface area contributed by atoms with Gasteiger partial charge in [0.2, 0.25) is 5.88 Å². The summed E-state index contributed by atoms with van der Waals surface area (Å²) in [5, 5.41) is 6.23. The number of aromatic amines is 1. The molecule has 5 nitrogen and oxygen atoms in total. The second kappa shape index (κ2) is 2.84. The van der Waals surface area contributed by atoms with Crippen LogP contribution in [0.25, 0.3) is 0 Å². The summed E-state index contributed by atoms with van der Waals surface area (Å²) >= 11 is 0. The Kier molecular flexibility index (Phi) is 2.03. The summed E-state index contributed by atoms with van der Waals surface area (Å²) in [6.45, 7) is 3.19. The molecule has 0 saturated carbocycles. The van der Waals surface area contributed by atoms with E-state index >= 15 is 0 Å². The normalized spacial score (nSPS) is 11.2. The lowest BCUT2D eigenvalue weighted by Gasteiger charge is -2.20. The number of carbonyl (C=O) groups excluding carboxylic acids is 1. The molecule has 12 heavy (non-hydrogen) atoms. The molecule has 1 amide bonds. The highest BCUT2D eigenvalue weighted by Gasteiger charge is 2.27. The fraction of sp³-hybridized carbons (Fsp3) is 0.429. The topological polar surface area (TPSA) is 81.0 Å². The first kappa shape index (κ1) is 8.58. The first-order valence-corrected chi connectivity index (χ1v) is 3.50. The predicted octanol–water partition coefficient (Wildman–Crippen LogP) is 0.0524. The lowest BCUT2D eigenvalue weighted by atomic mass is 10.1. The zero-order valence-electron chi connectivity index (χ0n) is 7.00. The number of carbonyl (C=O) groups is 1. The number of amides is 1. The fourth-order valence-electron chi connectivity index (χ4n) is 0.625. The Bertz CT molecular complexity index is 266. The molecule has 0 fully saturated rings. The monoisotopic (exact) mass is 169 g/mol. The van der Waals surface area contributed by atoms with Crippen molar-refractivity contribution < 1.29 is 9.53 Å². The Balaban J connectivity index is 2.69. The molecular weight excluding hydrogens is 158 g/mol. The fourth-order valence-corrected chi connectivity index (χ4v) is 0.625. The molecule has 0 radical (unpaired) electrons. The van der Waals surface area contributed by atoms with Crippen LogP contribution in [-0.4, -0.2) is 21.7 Å². The van der Waals surface area contributed by atoms with E-state index in [1.807, 2.05) is 0 Å². The summed E-state index contributed by atoms with van der Waals surface area (Å²) in [7, 11) is 0. The van der Waals surface area contributed by atoms with E-state index in [9.17, 15) is 4.79 Å². The highest BCUT2D eigenvalue weighted by Crippen LogP contribution is 2.13. The lowest BCUT2D eigenvalue weighted by molar-refractivity contribution is -0.130. The number of H-pyrrole nitrogens is 1. The van der Waals surface area contributed by atoms with Crippen molar-refractivity contribution in [2.45, 2.75) is 19.4 Å². The summed E-state index contributed by atoms with van der Waals surface area (Å²) in [6, 6.07) is 1.62. The van der Waals surface area contributed by atoms with Crippen LogP contribution in [0.3, 0.4) is 0 Å². The van der Waals surface area contributed by atoms with Crippen LogP contribution in [0, 0.1) is 0 Å². The highest BCUT2D eigenvalue weighted by molar-refractivity contribution is 5.82. The van der Waals surface area contributed by atoms with Crippen LogP contribution in [-0.2, 0) is 4.79 Å². The van der Waals surface area contributed by atoms with E-state index in [1.54, 1.807) is 19.9 Å². The van der Waals surface area contributed by atoms with Gasteiger partial charge < -0.3 is 10.5 Å². The maximum Gasteiger partial charge on any atom is 0.261 e. The third-order valence-corrected chi connectivity index (χ3v) is 1.43. The molecule has 0 aromatic carbocycles. The van der Waals surface area contributed by atoms with Gasteiger partial charge in [-0.15, -0.1) is 0 Å². The molecule has 1 heterocycles. The molecular formula is C7H11N3O2. The SMILES string of the molecule is CC(C)(Oc1ccn[nH]1)C(N)=O. The third-order valence-electron chi connectivity index (χ3n) is 1.43. The van der Waals surface area contributed by atoms with Crippen LogP contribution in [0.5, 0.6) is 5.88 Å². The van der Waals surface area contributed by atoms with Gasteiger partial charge in [0.25, 0.3) is 5.91 Å². The van der Waals surface area contributed by atoms with E-state index in [4.69, 9.17) is 10.5 Å². The number of ether oxygens (including phenoxy) is 1. The van der Waals surface area contributed by atoms with Crippen LogP contribution < -0.4 is 10.5 Å². The number of nitrogens with two attached hydrogens (primary N) is 1. The van der Waals surface area contributed by atoms with Crippen molar-refractivity contribution in [2.24, 2.45) is 5.73 Å². The lowest BCUT2D eigenvalue weighted by Crippen LogP contribution is -2.43. The number of rotatable bonds is 3. The molecule has 1 rings (SSSR count). The maximum absolute atomic E-state index is 10.8. The molecule has 66 valence electrons. The van der Waals surface area contributed by atoms with Crippen LogP contribution in [0.4, 0.5) is 0 Å². The Morgan fingerprint density at radius 3 is 2.83 bits per heavy atom. The average Bonchev–Trinajstić information content (AvgIpc) is 2.38. The van der Waals surface area contributed by atoms with Gasteiger partial charge in [0.05, 0.1) is 6.20 Å². The van der Waals surface area contributed by atoms with Crippen molar-refractivity contribution in [2.75, 3.05) is 0 Å². The van der Waals surface area contributed by atoms with E-state index in [1.165, 1.54) is 6.20 Å². The smallest absolute Gasteiger partial charge is 0.261 e. The van der Waals surface area contributed by atoms with Crippen molar-refractivity contribution in [1.82, 2.24) is 10.2 Å². The first-order valence-electron chi connectivity index (χ1n) is 3.50. The zero-order chi connectivity index (χ0) is 9.19. The Hall–Kier alpha value is -1.52. The molecule has 0 saturated heterocycles. The molecule has 1 aromatic rings. The molecule has 3 N–H and O–H groups in total. The van der Waals surface area contributed by atoms with Crippen molar-refractivity contribution in [1.29, 1.82) is 0 Å². The number of hydrogen-bond donors (Lipinski definition) is 2. The molecule has 0 bridgehead atoms. The second-order valence-electron chi connectivity index (χ2n) is 2.90. The molecule has 5 heteroatoms. The van der Waals surface area contributed by atoms with Gasteiger partial charge in [-0.25, -0.2) is 5.10 Å². The Morgan fingerprint density at radius 2 is 2.42 bits per heavy atom. The van der Waals surface area contributed by atoms with Crippen LogP contribution >= 0.6 is 0 Å². The van der Waals surface area contributed by atoms with Crippen LogP contribution in [0.15, 0.2) is 12.3 Å². The van der Waals surface area contributed by atoms with Gasteiger partial charge in [0.15, 0.2) is 5.60 Å². The summed E-state index contributed by atoms with van der Waals surface area (Å²) in [4.78, 5) is 10.8. The largest absolute Gasteiger partial charge is 0.462 e. The molecule has 0 atom stereocenters. The van der Waals surface area contributed by atoms with Crippen molar-refractivity contribution in [3.8, 4) is 5.88 Å². The van der Waals surface area contributed by atoms with Crippen LogP contribution in [0.1, 0.15) is 13.8 Å². The summed E-state index contributed by atoms with van der Waals surface area (Å²) in [5.41, 5.74) is 4.08. The second-order valence-corrected chi connectivity index (χ2v) is 2.90. The molecule has 0 aliphatic carbocycles. The van der Waals surface area contributed by atoms with Gasteiger partial charge in [-0.1, -0.05) is 0 Å². The average molecular weight is 169 g/mol. The van der Waals surface area contributed by atoms with E-state index in [0.29, 0.717) is 5.88 Å². The summed E-state index contributed by atoms with van der Waals surface area (Å²) in [6.07, 6.45) is 1.53. The Labute approximate surface area is 69.9 Å². The van der Waals surface area contributed by atoms with Crippen molar-refractivity contribution in [3.05, 3.63) is 12.3 Å². The Morgan fingerprint density at radius 1 is 1.75 bits per heavy atom. The third kappa shape index (κ3) is 1.75. The number of nitrogens with one attached hydrogen (secondary N) is 1. The minimum Gasteiger partial charge on any atom is -0.462 e. The first-order chi connectivity index (χ1) is 5.52. The van der Waals surface area contributed by atoms with Gasteiger partial charge in [0, 0.05) is 6.07 Å². The number of aromatic nitrogens is 2. The van der Waals surface area contributed by atoms with E-state index in [2.05, 4.69) is 10.2 Å². The number of primary amides is 1. The molecule has 0 aliphatic heterocycles. The number of hydrogen-bond acceptors (Lipinski definition) is 3. The van der Waals surface area contributed by atoms with Crippen LogP contribution in [0.2, 0.25) is 0 Å². The van der Waals surface area contributed by atoms with Crippen molar-refractivity contribution >= 4 is 5.91 Å². The maximum atomic E-state index is 10.8. The predicted molar refractivity (Wildman–Crippen MR) is 42.5 cm³/mol. The van der Waals surface area contributed by atoms with Gasteiger partial charge in [-0.2, -0.15) is 5.10 Å². The standard InChI is InChI=1S/C7H11N3O2/c1-7(2,6(8)11)12-5-3-4-9-10-5/h3-4H,1-2H3,(H2,8,11)(H,9,10). The minimum absolute atomic E-state index is 0.429. The summed E-state index contributed by atoms with van der Waals surface area (Å²) < 4.78 is 5.21. The molecule has 0 unspecified atom stereocenters.